The summed E-state index contributed by atoms with van der Waals surface area (Å²) in [6.07, 6.45) is 3.52. The van der Waals surface area contributed by atoms with Gasteiger partial charge in [-0.3, -0.25) is 4.57 Å². The van der Waals surface area contributed by atoms with Crippen molar-refractivity contribution in [1.82, 2.24) is 29.5 Å². The number of fused-ring (bicyclic) bond motifs is 9. The minimum Gasteiger partial charge on any atom is -0.276 e. The van der Waals surface area contributed by atoms with Crippen LogP contribution in [0.3, 0.4) is 0 Å². The second-order valence-electron chi connectivity index (χ2n) is 10.2. The SMILES string of the molecule is c1ccc(-c2nc(-c3ccccc3)nc(-n3c4ccccc4c4ccc5c6ccc7ncncc7c6sc5c43)n2)cc1. The molecule has 4 aromatic heterocycles. The molecule has 0 aliphatic carbocycles. The van der Waals surface area contributed by atoms with E-state index in [2.05, 4.69) is 63.1 Å². The Morgan fingerprint density at radius 2 is 1.17 bits per heavy atom. The third-order valence-electron chi connectivity index (χ3n) is 7.81. The molecule has 0 unspecified atom stereocenters. The predicted octanol–water partition coefficient (Wildman–Crippen LogP) is 8.61. The summed E-state index contributed by atoms with van der Waals surface area (Å²) in [5.74, 6) is 1.86. The van der Waals surface area contributed by atoms with Crippen LogP contribution in [0.1, 0.15) is 0 Å². The zero-order valence-corrected chi connectivity index (χ0v) is 23.0. The standard InChI is InChI=1S/C35H20N6S/c1-3-9-21(10-4-1)33-38-34(22-11-5-2-6-12-22)40-35(39-33)41-29-14-8-7-13-23(29)24-15-16-26-25-17-18-28-27(19-36-20-37-28)31(25)42-32(26)30(24)41/h1-20H. The van der Waals surface area contributed by atoms with Crippen LogP contribution < -0.4 is 0 Å². The Labute approximate surface area is 243 Å². The molecule has 0 spiro atoms. The third kappa shape index (κ3) is 3.41. The first-order chi connectivity index (χ1) is 20.8. The number of aromatic nitrogens is 6. The highest BCUT2D eigenvalue weighted by Gasteiger charge is 2.21. The fourth-order valence-corrected chi connectivity index (χ4v) is 7.25. The van der Waals surface area contributed by atoms with Crippen molar-refractivity contribution in [1.29, 1.82) is 0 Å². The molecule has 5 aromatic carbocycles. The van der Waals surface area contributed by atoms with Crippen molar-refractivity contribution < 1.29 is 0 Å². The molecule has 0 fully saturated rings. The van der Waals surface area contributed by atoms with Crippen LogP contribution in [0.5, 0.6) is 0 Å². The molecule has 0 atom stereocenters. The van der Waals surface area contributed by atoms with E-state index in [1.807, 2.05) is 66.9 Å². The smallest absolute Gasteiger partial charge is 0.238 e. The second-order valence-corrected chi connectivity index (χ2v) is 11.2. The zero-order valence-electron chi connectivity index (χ0n) is 22.1. The lowest BCUT2D eigenvalue weighted by Gasteiger charge is -2.11. The molecule has 7 heteroatoms. The maximum atomic E-state index is 5.11. The Balaban J connectivity index is 1.44. The third-order valence-corrected chi connectivity index (χ3v) is 9.07. The maximum absolute atomic E-state index is 5.11. The van der Waals surface area contributed by atoms with Gasteiger partial charge in [-0.25, -0.2) is 15.0 Å². The van der Waals surface area contributed by atoms with Crippen LogP contribution in [0.2, 0.25) is 0 Å². The van der Waals surface area contributed by atoms with Crippen LogP contribution in [-0.4, -0.2) is 29.5 Å². The zero-order chi connectivity index (χ0) is 27.6. The summed E-state index contributed by atoms with van der Waals surface area (Å²) in [7, 11) is 0. The van der Waals surface area contributed by atoms with E-state index in [-0.39, 0.29) is 0 Å². The van der Waals surface area contributed by atoms with E-state index >= 15 is 0 Å². The minimum absolute atomic E-state index is 0.590. The van der Waals surface area contributed by atoms with Crippen molar-refractivity contribution in [2.45, 2.75) is 0 Å². The summed E-state index contributed by atoms with van der Waals surface area (Å²) in [4.78, 5) is 24.0. The summed E-state index contributed by atoms with van der Waals surface area (Å²) < 4.78 is 4.57. The lowest BCUT2D eigenvalue weighted by Crippen LogP contribution is -2.06. The van der Waals surface area contributed by atoms with E-state index in [1.54, 1.807) is 17.7 Å². The fraction of sp³-hybridized carbons (Fsp3) is 0. The van der Waals surface area contributed by atoms with Crippen molar-refractivity contribution in [3.05, 3.63) is 122 Å². The Bertz CT molecular complexity index is 2410. The highest BCUT2D eigenvalue weighted by Crippen LogP contribution is 2.44. The molecule has 6 nitrogen and oxygen atoms in total. The lowest BCUT2D eigenvalue weighted by atomic mass is 10.1. The molecule has 0 aliphatic rings. The number of para-hydroxylation sites is 1. The first kappa shape index (κ1) is 23.2. The summed E-state index contributed by atoms with van der Waals surface area (Å²) >= 11 is 1.77. The summed E-state index contributed by atoms with van der Waals surface area (Å²) in [5.41, 5.74) is 4.97. The number of nitrogens with zero attached hydrogens (tertiary/aromatic N) is 6. The average molecular weight is 557 g/mol. The Kier molecular flexibility index (Phi) is 4.97. The van der Waals surface area contributed by atoms with E-state index in [4.69, 9.17) is 15.0 Å². The molecule has 4 heterocycles. The molecular formula is C35H20N6S. The minimum atomic E-state index is 0.590. The van der Waals surface area contributed by atoms with Crippen LogP contribution in [0.4, 0.5) is 0 Å². The highest BCUT2D eigenvalue weighted by molar-refractivity contribution is 7.27. The molecule has 0 radical (unpaired) electrons. The van der Waals surface area contributed by atoms with Gasteiger partial charge in [0.2, 0.25) is 5.95 Å². The van der Waals surface area contributed by atoms with Crippen LogP contribution in [0.25, 0.3) is 81.6 Å². The topological polar surface area (TPSA) is 69.4 Å². The van der Waals surface area contributed by atoms with Gasteiger partial charge in [0.1, 0.15) is 6.33 Å². The number of hydrogen-bond donors (Lipinski definition) is 0. The largest absolute Gasteiger partial charge is 0.276 e. The molecule has 9 rings (SSSR count). The summed E-state index contributed by atoms with van der Waals surface area (Å²) in [6, 6.07) is 37.4. The Morgan fingerprint density at radius 1 is 0.524 bits per heavy atom. The molecule has 0 saturated heterocycles. The molecule has 0 saturated carbocycles. The van der Waals surface area contributed by atoms with Gasteiger partial charge < -0.3 is 0 Å². The molecule has 196 valence electrons. The quantitative estimate of drug-likeness (QED) is 0.218. The molecule has 0 bridgehead atoms. The normalized spacial score (nSPS) is 11.8. The van der Waals surface area contributed by atoms with E-state index in [1.165, 1.54) is 20.2 Å². The van der Waals surface area contributed by atoms with Crippen molar-refractivity contribution >= 4 is 64.2 Å². The molecule has 0 amide bonds. The van der Waals surface area contributed by atoms with E-state index < -0.39 is 0 Å². The number of thiophene rings is 1. The predicted molar refractivity (Wildman–Crippen MR) is 171 cm³/mol. The monoisotopic (exact) mass is 556 g/mol. The Morgan fingerprint density at radius 3 is 1.93 bits per heavy atom. The first-order valence-electron chi connectivity index (χ1n) is 13.7. The summed E-state index contributed by atoms with van der Waals surface area (Å²) in [6.45, 7) is 0. The maximum Gasteiger partial charge on any atom is 0.238 e. The van der Waals surface area contributed by atoms with Gasteiger partial charge in [0.25, 0.3) is 0 Å². The van der Waals surface area contributed by atoms with Crippen molar-refractivity contribution in [3.8, 4) is 28.7 Å². The van der Waals surface area contributed by atoms with Crippen LogP contribution >= 0.6 is 11.3 Å². The van der Waals surface area contributed by atoms with Gasteiger partial charge in [-0.05, 0) is 12.1 Å². The lowest BCUT2D eigenvalue weighted by molar-refractivity contribution is 0.955. The van der Waals surface area contributed by atoms with Gasteiger partial charge in [-0.2, -0.15) is 9.97 Å². The number of hydrogen-bond acceptors (Lipinski definition) is 6. The first-order valence-corrected chi connectivity index (χ1v) is 14.5. The number of benzene rings is 5. The fourth-order valence-electron chi connectivity index (χ4n) is 5.90. The van der Waals surface area contributed by atoms with E-state index in [0.717, 1.165) is 43.8 Å². The van der Waals surface area contributed by atoms with Crippen LogP contribution in [0, 0.1) is 0 Å². The summed E-state index contributed by atoms with van der Waals surface area (Å²) in [5, 5.41) is 5.76. The van der Waals surface area contributed by atoms with Crippen LogP contribution in [-0.2, 0) is 0 Å². The van der Waals surface area contributed by atoms with E-state index in [9.17, 15) is 0 Å². The van der Waals surface area contributed by atoms with Gasteiger partial charge in [0, 0.05) is 49.0 Å². The molecule has 0 N–H and O–H groups in total. The molecule has 9 aromatic rings. The molecule has 0 aliphatic heterocycles. The van der Waals surface area contributed by atoms with Crippen molar-refractivity contribution in [2.24, 2.45) is 0 Å². The van der Waals surface area contributed by atoms with Gasteiger partial charge in [0.15, 0.2) is 11.6 Å². The van der Waals surface area contributed by atoms with Gasteiger partial charge in [-0.1, -0.05) is 97.1 Å². The van der Waals surface area contributed by atoms with Gasteiger partial charge in [-0.15, -0.1) is 11.3 Å². The van der Waals surface area contributed by atoms with Crippen molar-refractivity contribution in [2.75, 3.05) is 0 Å². The van der Waals surface area contributed by atoms with Crippen LogP contribution in [0.15, 0.2) is 122 Å². The van der Waals surface area contributed by atoms with Crippen molar-refractivity contribution in [3.63, 3.8) is 0 Å². The number of rotatable bonds is 3. The highest BCUT2D eigenvalue weighted by atomic mass is 32.1. The average Bonchev–Trinajstić information content (AvgIpc) is 3.62. The van der Waals surface area contributed by atoms with E-state index in [0.29, 0.717) is 17.6 Å². The van der Waals surface area contributed by atoms with Gasteiger partial charge >= 0.3 is 0 Å². The molecular weight excluding hydrogens is 536 g/mol. The van der Waals surface area contributed by atoms with Gasteiger partial charge in [0.05, 0.1) is 21.3 Å². The molecule has 42 heavy (non-hydrogen) atoms. The Hall–Kier alpha value is -5.53. The second kappa shape index (κ2) is 8.99.